The van der Waals surface area contributed by atoms with Gasteiger partial charge in [0.25, 0.3) is 0 Å². The molecule has 0 aromatic carbocycles. The van der Waals surface area contributed by atoms with Gasteiger partial charge in [-0.3, -0.25) is 4.79 Å². The number of nitrogens with zero attached hydrogens (tertiary/aromatic N) is 1. The summed E-state index contributed by atoms with van der Waals surface area (Å²) in [6, 6.07) is 3.90. The molecule has 84 valence electrons. The zero-order valence-corrected chi connectivity index (χ0v) is 9.49. The number of carbonyl (C=O) groups is 1. The van der Waals surface area contributed by atoms with Gasteiger partial charge in [-0.2, -0.15) is 0 Å². The van der Waals surface area contributed by atoms with Crippen LogP contribution in [0.5, 0.6) is 0 Å². The lowest BCUT2D eigenvalue weighted by Crippen LogP contribution is -2.10. The molecule has 0 radical (unpaired) electrons. The Kier molecular flexibility index (Phi) is 3.34. The fourth-order valence-electron chi connectivity index (χ4n) is 1.85. The number of aromatic nitrogens is 1. The number of pyridine rings is 1. The van der Waals surface area contributed by atoms with Crippen LogP contribution in [0.3, 0.4) is 0 Å². The average Bonchev–Trinajstić information content (AvgIpc) is 2.30. The molecule has 0 spiro atoms. The van der Waals surface area contributed by atoms with E-state index in [1.165, 1.54) is 0 Å². The maximum absolute atomic E-state index is 11.6. The standard InChI is InChI=1S/C13H16N2O/c1-10-5-4-8-14-13(10)15-9-11-6-2-3-7-12(11)16/h4-5,8-9H,2-3,6-7H2,1H3,(H,14,15)/b11-9-. The van der Waals surface area contributed by atoms with Gasteiger partial charge in [0, 0.05) is 24.4 Å². The van der Waals surface area contributed by atoms with Gasteiger partial charge in [0.05, 0.1) is 0 Å². The van der Waals surface area contributed by atoms with Crippen molar-refractivity contribution in [3.05, 3.63) is 35.7 Å². The number of aryl methyl sites for hydroxylation is 1. The number of ketones is 1. The van der Waals surface area contributed by atoms with E-state index in [4.69, 9.17) is 0 Å². The topological polar surface area (TPSA) is 42.0 Å². The van der Waals surface area contributed by atoms with Gasteiger partial charge in [0.2, 0.25) is 0 Å². The first-order chi connectivity index (χ1) is 7.77. The van der Waals surface area contributed by atoms with Crippen molar-refractivity contribution in [1.29, 1.82) is 0 Å². The predicted octanol–water partition coefficient (Wildman–Crippen LogP) is 2.83. The minimum Gasteiger partial charge on any atom is -0.346 e. The molecule has 2 rings (SSSR count). The van der Waals surface area contributed by atoms with E-state index in [9.17, 15) is 4.79 Å². The third kappa shape index (κ3) is 2.48. The molecule has 1 aromatic rings. The highest BCUT2D eigenvalue weighted by Gasteiger charge is 2.14. The molecule has 0 amide bonds. The first-order valence-corrected chi connectivity index (χ1v) is 5.68. The molecular formula is C13H16N2O. The van der Waals surface area contributed by atoms with Crippen molar-refractivity contribution < 1.29 is 4.79 Å². The molecule has 3 nitrogen and oxygen atoms in total. The van der Waals surface area contributed by atoms with Crippen molar-refractivity contribution in [3.8, 4) is 0 Å². The second kappa shape index (κ2) is 4.92. The Morgan fingerprint density at radius 2 is 2.19 bits per heavy atom. The second-order valence-corrected chi connectivity index (χ2v) is 4.11. The molecule has 1 aromatic heterocycles. The molecule has 3 heteroatoms. The molecule has 0 atom stereocenters. The molecule has 1 aliphatic rings. The molecule has 1 fully saturated rings. The van der Waals surface area contributed by atoms with Gasteiger partial charge >= 0.3 is 0 Å². The van der Waals surface area contributed by atoms with E-state index in [0.29, 0.717) is 6.42 Å². The Labute approximate surface area is 95.6 Å². The Morgan fingerprint density at radius 3 is 2.94 bits per heavy atom. The van der Waals surface area contributed by atoms with E-state index in [-0.39, 0.29) is 5.78 Å². The maximum Gasteiger partial charge on any atom is 0.160 e. The molecule has 16 heavy (non-hydrogen) atoms. The summed E-state index contributed by atoms with van der Waals surface area (Å²) in [5, 5.41) is 3.12. The largest absolute Gasteiger partial charge is 0.346 e. The number of anilines is 1. The predicted molar refractivity (Wildman–Crippen MR) is 64.2 cm³/mol. The van der Waals surface area contributed by atoms with E-state index < -0.39 is 0 Å². The zero-order valence-electron chi connectivity index (χ0n) is 9.49. The van der Waals surface area contributed by atoms with Crippen molar-refractivity contribution in [1.82, 2.24) is 4.98 Å². The van der Waals surface area contributed by atoms with Crippen LogP contribution in [0.15, 0.2) is 30.1 Å². The lowest BCUT2D eigenvalue weighted by Gasteiger charge is -2.13. The molecule has 1 N–H and O–H groups in total. The van der Waals surface area contributed by atoms with Crippen molar-refractivity contribution in [2.75, 3.05) is 5.32 Å². The summed E-state index contributed by atoms with van der Waals surface area (Å²) in [5.74, 6) is 1.10. The SMILES string of the molecule is Cc1cccnc1N/C=C1/CCCCC1=O. The van der Waals surface area contributed by atoms with Gasteiger partial charge in [-0.1, -0.05) is 6.07 Å². The summed E-state index contributed by atoms with van der Waals surface area (Å²) < 4.78 is 0. The number of hydrogen-bond donors (Lipinski definition) is 1. The Morgan fingerprint density at radius 1 is 1.38 bits per heavy atom. The summed E-state index contributed by atoms with van der Waals surface area (Å²) in [7, 11) is 0. The van der Waals surface area contributed by atoms with Crippen LogP contribution in [0.1, 0.15) is 31.2 Å². The molecule has 0 bridgehead atoms. The third-order valence-corrected chi connectivity index (χ3v) is 2.85. The fourth-order valence-corrected chi connectivity index (χ4v) is 1.85. The lowest BCUT2D eigenvalue weighted by molar-refractivity contribution is -0.116. The van der Waals surface area contributed by atoms with Crippen LogP contribution in [0, 0.1) is 6.92 Å². The van der Waals surface area contributed by atoms with Gasteiger partial charge < -0.3 is 5.32 Å². The number of Topliss-reactive ketones (excluding diaryl/α,β-unsaturated/α-hetero) is 1. The van der Waals surface area contributed by atoms with Gasteiger partial charge in [0.1, 0.15) is 5.82 Å². The van der Waals surface area contributed by atoms with Crippen molar-refractivity contribution in [2.24, 2.45) is 0 Å². The van der Waals surface area contributed by atoms with Crippen LogP contribution >= 0.6 is 0 Å². The summed E-state index contributed by atoms with van der Waals surface area (Å²) in [6.07, 6.45) is 7.28. The Hall–Kier alpha value is -1.64. The third-order valence-electron chi connectivity index (χ3n) is 2.85. The van der Waals surface area contributed by atoms with Crippen LogP contribution < -0.4 is 5.32 Å². The monoisotopic (exact) mass is 216 g/mol. The summed E-state index contributed by atoms with van der Waals surface area (Å²) >= 11 is 0. The molecule has 0 unspecified atom stereocenters. The zero-order chi connectivity index (χ0) is 11.4. The fraction of sp³-hybridized carbons (Fsp3) is 0.385. The van der Waals surface area contributed by atoms with E-state index in [1.807, 2.05) is 25.3 Å². The highest BCUT2D eigenvalue weighted by atomic mass is 16.1. The minimum atomic E-state index is 0.271. The molecule has 1 aliphatic carbocycles. The Balaban J connectivity index is 2.08. The van der Waals surface area contributed by atoms with Gasteiger partial charge in [-0.05, 0) is 37.8 Å². The number of carbonyl (C=O) groups excluding carboxylic acids is 1. The molecular weight excluding hydrogens is 200 g/mol. The van der Waals surface area contributed by atoms with Crippen molar-refractivity contribution in [2.45, 2.75) is 32.6 Å². The van der Waals surface area contributed by atoms with Crippen molar-refractivity contribution >= 4 is 11.6 Å². The highest BCUT2D eigenvalue weighted by Crippen LogP contribution is 2.20. The van der Waals surface area contributed by atoms with Crippen molar-refractivity contribution in [3.63, 3.8) is 0 Å². The lowest BCUT2D eigenvalue weighted by atomic mass is 9.94. The molecule has 0 saturated heterocycles. The number of nitrogens with one attached hydrogen (secondary N) is 1. The van der Waals surface area contributed by atoms with Crippen LogP contribution in [0.2, 0.25) is 0 Å². The Bertz CT molecular complexity index is 424. The van der Waals surface area contributed by atoms with E-state index in [0.717, 1.165) is 36.2 Å². The number of hydrogen-bond acceptors (Lipinski definition) is 3. The van der Waals surface area contributed by atoms with E-state index >= 15 is 0 Å². The van der Waals surface area contributed by atoms with Gasteiger partial charge in [-0.15, -0.1) is 0 Å². The number of rotatable bonds is 2. The second-order valence-electron chi connectivity index (χ2n) is 4.11. The van der Waals surface area contributed by atoms with Crippen LogP contribution in [0.25, 0.3) is 0 Å². The van der Waals surface area contributed by atoms with E-state index in [2.05, 4.69) is 10.3 Å². The summed E-state index contributed by atoms with van der Waals surface area (Å²) in [4.78, 5) is 15.8. The average molecular weight is 216 g/mol. The van der Waals surface area contributed by atoms with Gasteiger partial charge in [0.15, 0.2) is 5.78 Å². The molecule has 1 heterocycles. The smallest absolute Gasteiger partial charge is 0.160 e. The van der Waals surface area contributed by atoms with Crippen LogP contribution in [0.4, 0.5) is 5.82 Å². The van der Waals surface area contributed by atoms with Gasteiger partial charge in [-0.25, -0.2) is 4.98 Å². The normalized spacial score (nSPS) is 18.8. The first-order valence-electron chi connectivity index (χ1n) is 5.68. The first kappa shape index (κ1) is 10.9. The molecule has 1 saturated carbocycles. The highest BCUT2D eigenvalue weighted by molar-refractivity contribution is 5.96. The minimum absolute atomic E-state index is 0.271. The summed E-state index contributed by atoms with van der Waals surface area (Å²) in [6.45, 7) is 2.00. The van der Waals surface area contributed by atoms with Crippen LogP contribution in [-0.2, 0) is 4.79 Å². The van der Waals surface area contributed by atoms with Crippen LogP contribution in [-0.4, -0.2) is 10.8 Å². The maximum atomic E-state index is 11.6. The number of allylic oxidation sites excluding steroid dienone is 1. The summed E-state index contributed by atoms with van der Waals surface area (Å²) in [5.41, 5.74) is 1.99. The van der Waals surface area contributed by atoms with E-state index in [1.54, 1.807) is 6.20 Å². The molecule has 0 aliphatic heterocycles. The quantitative estimate of drug-likeness (QED) is 0.773.